The molecule has 2 aromatic heterocycles. The van der Waals surface area contributed by atoms with E-state index in [1.807, 2.05) is 0 Å². The fourth-order valence-electron chi connectivity index (χ4n) is 2.10. The van der Waals surface area contributed by atoms with E-state index in [0.29, 0.717) is 17.6 Å². The van der Waals surface area contributed by atoms with Crippen LogP contribution in [-0.4, -0.2) is 21.7 Å². The number of hydrogen-bond acceptors (Lipinski definition) is 6. The van der Waals surface area contributed by atoms with Crippen LogP contribution in [0.15, 0.2) is 16.2 Å². The molecule has 0 spiro atoms. The van der Waals surface area contributed by atoms with Crippen LogP contribution in [0, 0.1) is 5.92 Å². The first-order valence-electron chi connectivity index (χ1n) is 5.79. The van der Waals surface area contributed by atoms with Crippen LogP contribution < -0.4 is 5.32 Å². The van der Waals surface area contributed by atoms with Crippen LogP contribution in [0.5, 0.6) is 0 Å². The third-order valence-electron chi connectivity index (χ3n) is 3.06. The summed E-state index contributed by atoms with van der Waals surface area (Å²) in [5.74, 6) is 2.04. The van der Waals surface area contributed by atoms with Gasteiger partial charge in [0.1, 0.15) is 0 Å². The fourth-order valence-corrected chi connectivity index (χ4v) is 2.64. The Bertz CT molecular complexity index is 481. The van der Waals surface area contributed by atoms with Gasteiger partial charge in [-0.2, -0.15) is 4.98 Å². The lowest BCUT2D eigenvalue weighted by molar-refractivity contribution is 0.260. The highest BCUT2D eigenvalue weighted by Crippen LogP contribution is 2.28. The topological polar surface area (TPSA) is 63.8 Å². The van der Waals surface area contributed by atoms with Crippen LogP contribution >= 0.6 is 11.3 Å². The highest BCUT2D eigenvalue weighted by atomic mass is 32.1. The molecule has 0 bridgehead atoms. The summed E-state index contributed by atoms with van der Waals surface area (Å²) < 4.78 is 5.33. The van der Waals surface area contributed by atoms with Gasteiger partial charge in [0, 0.05) is 6.20 Å². The SMILES string of the molecule is CC1CCNC(c2nc(-c3cncs3)no2)C1. The van der Waals surface area contributed by atoms with Crippen molar-refractivity contribution in [1.29, 1.82) is 0 Å². The smallest absolute Gasteiger partial charge is 0.244 e. The first-order valence-corrected chi connectivity index (χ1v) is 6.67. The number of nitrogens with one attached hydrogen (secondary N) is 1. The van der Waals surface area contributed by atoms with Gasteiger partial charge in [-0.1, -0.05) is 12.1 Å². The number of nitrogens with zero attached hydrogens (tertiary/aromatic N) is 3. The summed E-state index contributed by atoms with van der Waals surface area (Å²) in [4.78, 5) is 9.40. The summed E-state index contributed by atoms with van der Waals surface area (Å²) in [6.45, 7) is 3.28. The Morgan fingerprint density at radius 1 is 1.53 bits per heavy atom. The molecule has 0 radical (unpaired) electrons. The second-order valence-electron chi connectivity index (χ2n) is 4.46. The average Bonchev–Trinajstić information content (AvgIpc) is 3.00. The number of piperidine rings is 1. The van der Waals surface area contributed by atoms with Crippen LogP contribution in [0.25, 0.3) is 10.7 Å². The summed E-state index contributed by atoms with van der Waals surface area (Å²) in [5.41, 5.74) is 1.77. The van der Waals surface area contributed by atoms with Crippen LogP contribution in [0.1, 0.15) is 31.7 Å². The summed E-state index contributed by atoms with van der Waals surface area (Å²) in [6, 6.07) is 0.202. The molecule has 1 aliphatic rings. The van der Waals surface area contributed by atoms with E-state index >= 15 is 0 Å². The van der Waals surface area contributed by atoms with Crippen molar-refractivity contribution in [3.05, 3.63) is 17.6 Å². The number of hydrogen-bond donors (Lipinski definition) is 1. The molecule has 6 heteroatoms. The van der Waals surface area contributed by atoms with Gasteiger partial charge in [0.2, 0.25) is 11.7 Å². The molecule has 2 atom stereocenters. The molecule has 17 heavy (non-hydrogen) atoms. The molecule has 2 aromatic rings. The highest BCUT2D eigenvalue weighted by Gasteiger charge is 2.25. The lowest BCUT2D eigenvalue weighted by atomic mass is 9.94. The number of aromatic nitrogens is 3. The lowest BCUT2D eigenvalue weighted by Gasteiger charge is -2.25. The van der Waals surface area contributed by atoms with Crippen molar-refractivity contribution in [3.63, 3.8) is 0 Å². The maximum atomic E-state index is 5.33. The molecular formula is C11H14N4OS. The van der Waals surface area contributed by atoms with Crippen molar-refractivity contribution >= 4 is 11.3 Å². The second-order valence-corrected chi connectivity index (χ2v) is 5.34. The maximum absolute atomic E-state index is 5.33. The molecule has 1 saturated heterocycles. The van der Waals surface area contributed by atoms with Crippen molar-refractivity contribution in [2.24, 2.45) is 5.92 Å². The highest BCUT2D eigenvalue weighted by molar-refractivity contribution is 7.13. The molecule has 0 aromatic carbocycles. The number of thiazole rings is 1. The van der Waals surface area contributed by atoms with E-state index in [-0.39, 0.29) is 6.04 Å². The zero-order valence-corrected chi connectivity index (χ0v) is 10.4. The first kappa shape index (κ1) is 10.9. The van der Waals surface area contributed by atoms with Gasteiger partial charge in [0.25, 0.3) is 0 Å². The van der Waals surface area contributed by atoms with Crippen molar-refractivity contribution in [2.45, 2.75) is 25.8 Å². The Morgan fingerprint density at radius 3 is 3.24 bits per heavy atom. The zero-order valence-electron chi connectivity index (χ0n) is 9.59. The van der Waals surface area contributed by atoms with Crippen LogP contribution in [0.2, 0.25) is 0 Å². The van der Waals surface area contributed by atoms with E-state index in [0.717, 1.165) is 17.8 Å². The molecule has 1 N–H and O–H groups in total. The quantitative estimate of drug-likeness (QED) is 0.885. The molecule has 3 heterocycles. The third kappa shape index (κ3) is 2.23. The van der Waals surface area contributed by atoms with Gasteiger partial charge in [-0.3, -0.25) is 4.98 Å². The minimum atomic E-state index is 0.202. The van der Waals surface area contributed by atoms with Crippen molar-refractivity contribution in [3.8, 4) is 10.7 Å². The monoisotopic (exact) mass is 250 g/mol. The molecule has 1 fully saturated rings. The Balaban J connectivity index is 1.80. The Morgan fingerprint density at radius 2 is 2.47 bits per heavy atom. The predicted molar refractivity (Wildman–Crippen MR) is 64.5 cm³/mol. The molecule has 0 amide bonds. The van der Waals surface area contributed by atoms with Gasteiger partial charge in [-0.15, -0.1) is 11.3 Å². The van der Waals surface area contributed by atoms with Gasteiger partial charge in [0.15, 0.2) is 0 Å². The van der Waals surface area contributed by atoms with Gasteiger partial charge in [-0.05, 0) is 25.3 Å². The maximum Gasteiger partial charge on any atom is 0.244 e. The van der Waals surface area contributed by atoms with Gasteiger partial charge in [0.05, 0.1) is 16.4 Å². The molecular weight excluding hydrogens is 236 g/mol. The van der Waals surface area contributed by atoms with E-state index in [4.69, 9.17) is 4.52 Å². The van der Waals surface area contributed by atoms with Crippen LogP contribution in [-0.2, 0) is 0 Å². The molecule has 2 unspecified atom stereocenters. The van der Waals surface area contributed by atoms with E-state index in [1.165, 1.54) is 17.8 Å². The Labute approximate surface area is 103 Å². The fraction of sp³-hybridized carbons (Fsp3) is 0.545. The Kier molecular flexibility index (Phi) is 2.90. The normalized spacial score (nSPS) is 25.0. The largest absolute Gasteiger partial charge is 0.337 e. The minimum absolute atomic E-state index is 0.202. The summed E-state index contributed by atoms with van der Waals surface area (Å²) in [6.07, 6.45) is 4.03. The molecule has 3 rings (SSSR count). The predicted octanol–water partition coefficient (Wildman–Crippen LogP) is 2.25. The van der Waals surface area contributed by atoms with E-state index < -0.39 is 0 Å². The molecule has 90 valence electrons. The summed E-state index contributed by atoms with van der Waals surface area (Å²) in [5, 5.41) is 7.42. The number of rotatable bonds is 2. The van der Waals surface area contributed by atoms with Crippen molar-refractivity contribution < 1.29 is 4.52 Å². The van der Waals surface area contributed by atoms with Crippen LogP contribution in [0.4, 0.5) is 0 Å². The van der Waals surface area contributed by atoms with E-state index in [1.54, 1.807) is 11.7 Å². The zero-order chi connectivity index (χ0) is 11.7. The molecule has 1 aliphatic heterocycles. The molecule has 0 saturated carbocycles. The van der Waals surface area contributed by atoms with E-state index in [2.05, 4.69) is 27.4 Å². The second kappa shape index (κ2) is 4.54. The van der Waals surface area contributed by atoms with E-state index in [9.17, 15) is 0 Å². The van der Waals surface area contributed by atoms with Crippen molar-refractivity contribution in [1.82, 2.24) is 20.4 Å². The van der Waals surface area contributed by atoms with Crippen LogP contribution in [0.3, 0.4) is 0 Å². The molecule has 0 aliphatic carbocycles. The summed E-state index contributed by atoms with van der Waals surface area (Å²) in [7, 11) is 0. The van der Waals surface area contributed by atoms with Crippen molar-refractivity contribution in [2.75, 3.05) is 6.54 Å². The van der Waals surface area contributed by atoms with Gasteiger partial charge in [-0.25, -0.2) is 0 Å². The summed E-state index contributed by atoms with van der Waals surface area (Å²) >= 11 is 1.52. The Hall–Kier alpha value is -1.27. The lowest BCUT2D eigenvalue weighted by Crippen LogP contribution is -2.30. The van der Waals surface area contributed by atoms with Gasteiger partial charge < -0.3 is 9.84 Å². The van der Waals surface area contributed by atoms with Gasteiger partial charge >= 0.3 is 0 Å². The first-order chi connectivity index (χ1) is 8.33. The minimum Gasteiger partial charge on any atom is -0.337 e. The average molecular weight is 250 g/mol. The molecule has 5 nitrogen and oxygen atoms in total. The third-order valence-corrected chi connectivity index (χ3v) is 3.83. The standard InChI is InChI=1S/C11H14N4OS/c1-7-2-3-13-8(4-7)11-14-10(15-16-11)9-5-12-6-17-9/h5-8,13H,2-4H2,1H3.